The molecule has 1 aliphatic carbocycles. The third-order valence-electron chi connectivity index (χ3n) is 5.37. The van der Waals surface area contributed by atoms with Gasteiger partial charge in [-0.05, 0) is 51.1 Å². The molecule has 3 heterocycles. The average Bonchev–Trinajstić information content (AvgIpc) is 3.29. The maximum atomic E-state index is 12.7. The van der Waals surface area contributed by atoms with Crippen molar-refractivity contribution in [1.29, 1.82) is 0 Å². The van der Waals surface area contributed by atoms with Gasteiger partial charge in [-0.1, -0.05) is 10.4 Å². The van der Waals surface area contributed by atoms with Crippen LogP contribution >= 0.6 is 0 Å². The quantitative estimate of drug-likeness (QED) is 0.869. The highest BCUT2D eigenvalue weighted by Crippen LogP contribution is 2.25. The highest BCUT2D eigenvalue weighted by Gasteiger charge is 2.23. The smallest absolute Gasteiger partial charge is 0.276 e. The largest absolute Gasteiger partial charge is 0.361 e. The molecule has 1 fully saturated rings. The first kappa shape index (κ1) is 17.2. The van der Waals surface area contributed by atoms with Gasteiger partial charge in [0, 0.05) is 25.6 Å². The van der Waals surface area contributed by atoms with Gasteiger partial charge in [-0.25, -0.2) is 0 Å². The summed E-state index contributed by atoms with van der Waals surface area (Å²) in [7, 11) is 1.77. The molecule has 2 aliphatic rings. The highest BCUT2D eigenvalue weighted by atomic mass is 16.5. The molecular formula is C18H26N6O2. The monoisotopic (exact) mass is 358 g/mol. The number of aryl methyl sites for hydroxylation is 1. The molecule has 1 saturated heterocycles. The Morgan fingerprint density at radius 3 is 3.12 bits per heavy atom. The van der Waals surface area contributed by atoms with Crippen molar-refractivity contribution in [1.82, 2.24) is 30.4 Å². The van der Waals surface area contributed by atoms with E-state index >= 15 is 0 Å². The van der Waals surface area contributed by atoms with E-state index in [2.05, 4.69) is 20.8 Å². The van der Waals surface area contributed by atoms with E-state index in [0.717, 1.165) is 56.8 Å². The van der Waals surface area contributed by atoms with E-state index in [1.807, 2.05) is 0 Å². The van der Waals surface area contributed by atoms with Crippen molar-refractivity contribution in [2.45, 2.75) is 51.6 Å². The molecule has 26 heavy (non-hydrogen) atoms. The van der Waals surface area contributed by atoms with Crippen LogP contribution in [-0.2, 0) is 25.9 Å². The normalized spacial score (nSPS) is 20.0. The number of piperidine rings is 1. The minimum atomic E-state index is -0.134. The molecule has 1 atom stereocenters. The molecule has 1 N–H and O–H groups in total. The number of carbonyl (C=O) groups excluding carboxylic acids is 1. The van der Waals surface area contributed by atoms with Crippen molar-refractivity contribution in [3.8, 4) is 0 Å². The summed E-state index contributed by atoms with van der Waals surface area (Å²) in [5.74, 6) is 1.40. The number of fused-ring (bicyclic) bond motifs is 1. The van der Waals surface area contributed by atoms with Crippen molar-refractivity contribution in [3.63, 3.8) is 0 Å². The molecule has 0 spiro atoms. The molecule has 2 aromatic rings. The van der Waals surface area contributed by atoms with E-state index in [9.17, 15) is 4.79 Å². The first-order valence-corrected chi connectivity index (χ1v) is 9.53. The van der Waals surface area contributed by atoms with Crippen LogP contribution in [0.1, 0.15) is 53.2 Å². The van der Waals surface area contributed by atoms with E-state index in [0.29, 0.717) is 18.2 Å². The molecule has 0 saturated carbocycles. The van der Waals surface area contributed by atoms with Crippen molar-refractivity contribution in [2.24, 2.45) is 5.92 Å². The fraction of sp³-hybridized carbons (Fsp3) is 0.667. The summed E-state index contributed by atoms with van der Waals surface area (Å²) in [6.45, 7) is 3.33. The zero-order valence-electron chi connectivity index (χ0n) is 15.3. The molecule has 140 valence electrons. The summed E-state index contributed by atoms with van der Waals surface area (Å²) in [6, 6.07) is 0. The Bertz CT molecular complexity index is 762. The summed E-state index contributed by atoms with van der Waals surface area (Å²) < 4.78 is 7.22. The van der Waals surface area contributed by atoms with Gasteiger partial charge in [0.25, 0.3) is 5.91 Å². The Labute approximate surface area is 152 Å². The summed E-state index contributed by atoms with van der Waals surface area (Å²) >= 11 is 0. The summed E-state index contributed by atoms with van der Waals surface area (Å²) in [5.41, 5.74) is 2.44. The summed E-state index contributed by atoms with van der Waals surface area (Å²) in [4.78, 5) is 14.3. The highest BCUT2D eigenvalue weighted by molar-refractivity contribution is 5.91. The Hall–Kier alpha value is -2.22. The number of nitrogens with zero attached hydrogens (tertiary/aromatic N) is 5. The number of carbonyl (C=O) groups is 1. The van der Waals surface area contributed by atoms with Crippen LogP contribution in [0.25, 0.3) is 0 Å². The topological polar surface area (TPSA) is 89.1 Å². The van der Waals surface area contributed by atoms with Gasteiger partial charge in [-0.2, -0.15) is 0 Å². The van der Waals surface area contributed by atoms with Crippen molar-refractivity contribution in [2.75, 3.05) is 20.1 Å². The lowest BCUT2D eigenvalue weighted by Gasteiger charge is -2.22. The average molecular weight is 358 g/mol. The van der Waals surface area contributed by atoms with Crippen LogP contribution in [0.5, 0.6) is 0 Å². The molecule has 0 bridgehead atoms. The predicted molar refractivity (Wildman–Crippen MR) is 94.6 cm³/mol. The van der Waals surface area contributed by atoms with Gasteiger partial charge in [0.1, 0.15) is 11.5 Å². The predicted octanol–water partition coefficient (Wildman–Crippen LogP) is 1.42. The van der Waals surface area contributed by atoms with Crippen LogP contribution in [0.15, 0.2) is 10.7 Å². The number of hydrogen-bond acceptors (Lipinski definition) is 6. The number of nitrogens with one attached hydrogen (secondary N) is 1. The third kappa shape index (κ3) is 3.65. The molecule has 0 radical (unpaired) electrons. The molecule has 4 rings (SSSR count). The lowest BCUT2D eigenvalue weighted by atomic mass is 9.96. The summed E-state index contributed by atoms with van der Waals surface area (Å²) in [5, 5.41) is 15.8. The fourth-order valence-corrected chi connectivity index (χ4v) is 3.90. The Kier molecular flexibility index (Phi) is 5.01. The molecular weight excluding hydrogens is 332 g/mol. The molecule has 8 heteroatoms. The number of amides is 1. The molecule has 1 aliphatic heterocycles. The van der Waals surface area contributed by atoms with Crippen molar-refractivity contribution < 1.29 is 9.32 Å². The Morgan fingerprint density at radius 2 is 2.27 bits per heavy atom. The van der Waals surface area contributed by atoms with E-state index in [-0.39, 0.29) is 5.91 Å². The minimum absolute atomic E-state index is 0.134. The zero-order valence-corrected chi connectivity index (χ0v) is 15.3. The van der Waals surface area contributed by atoms with Crippen LogP contribution in [0.4, 0.5) is 0 Å². The fourth-order valence-electron chi connectivity index (χ4n) is 3.90. The van der Waals surface area contributed by atoms with Gasteiger partial charge in [-0.3, -0.25) is 9.48 Å². The standard InChI is InChI=1S/C18H26N6O2/c1-23(11-15-14-6-2-3-7-17(14)26-21-15)18(25)16-12-24(22-20-16)10-13-5-4-8-19-9-13/h12-13,19H,2-11H2,1H3/t13-/m0/s1. The Balaban J connectivity index is 1.38. The number of hydrogen-bond donors (Lipinski definition) is 1. The van der Waals surface area contributed by atoms with E-state index in [1.54, 1.807) is 22.8 Å². The maximum absolute atomic E-state index is 12.7. The van der Waals surface area contributed by atoms with Crippen LogP contribution in [0.2, 0.25) is 0 Å². The molecule has 8 nitrogen and oxygen atoms in total. The number of rotatable bonds is 5. The van der Waals surface area contributed by atoms with Crippen molar-refractivity contribution in [3.05, 3.63) is 28.9 Å². The van der Waals surface area contributed by atoms with Gasteiger partial charge in [-0.15, -0.1) is 5.10 Å². The lowest BCUT2D eigenvalue weighted by molar-refractivity contribution is 0.0776. The van der Waals surface area contributed by atoms with Crippen LogP contribution in [0.3, 0.4) is 0 Å². The van der Waals surface area contributed by atoms with Crippen molar-refractivity contribution >= 4 is 5.91 Å². The second-order valence-electron chi connectivity index (χ2n) is 7.44. The molecule has 1 amide bonds. The second-order valence-corrected chi connectivity index (χ2v) is 7.44. The Morgan fingerprint density at radius 1 is 1.38 bits per heavy atom. The molecule has 2 aromatic heterocycles. The van der Waals surface area contributed by atoms with Gasteiger partial charge < -0.3 is 14.7 Å². The van der Waals surface area contributed by atoms with Crippen LogP contribution < -0.4 is 5.32 Å². The van der Waals surface area contributed by atoms with E-state index in [4.69, 9.17) is 4.52 Å². The zero-order chi connectivity index (χ0) is 17.9. The second kappa shape index (κ2) is 7.57. The van der Waals surface area contributed by atoms with E-state index in [1.165, 1.54) is 18.4 Å². The molecule has 0 aromatic carbocycles. The number of aromatic nitrogens is 4. The van der Waals surface area contributed by atoms with E-state index < -0.39 is 0 Å². The third-order valence-corrected chi connectivity index (χ3v) is 5.37. The van der Waals surface area contributed by atoms with Crippen LogP contribution in [-0.4, -0.2) is 51.1 Å². The minimum Gasteiger partial charge on any atom is -0.361 e. The first-order valence-electron chi connectivity index (χ1n) is 9.53. The first-order chi connectivity index (χ1) is 12.7. The van der Waals surface area contributed by atoms with Gasteiger partial charge in [0.15, 0.2) is 5.69 Å². The van der Waals surface area contributed by atoms with Gasteiger partial charge in [0.05, 0.1) is 12.7 Å². The maximum Gasteiger partial charge on any atom is 0.276 e. The SMILES string of the molecule is CN(Cc1noc2c1CCCC2)C(=O)c1cn(C[C@H]2CCCNC2)nn1. The van der Waals surface area contributed by atoms with Gasteiger partial charge >= 0.3 is 0 Å². The van der Waals surface area contributed by atoms with Gasteiger partial charge in [0.2, 0.25) is 0 Å². The summed E-state index contributed by atoms with van der Waals surface area (Å²) in [6.07, 6.45) is 8.38. The lowest BCUT2D eigenvalue weighted by Crippen LogP contribution is -2.32. The van der Waals surface area contributed by atoms with Crippen LogP contribution in [0, 0.1) is 5.92 Å². The molecule has 0 unspecified atom stereocenters.